The highest BCUT2D eigenvalue weighted by Gasteiger charge is 2.45. The van der Waals surface area contributed by atoms with E-state index in [4.69, 9.17) is 4.74 Å². The normalized spacial score (nSPS) is 17.5. The number of aryl methyl sites for hydroxylation is 1. The largest absolute Gasteiger partial charge is 0.491 e. The van der Waals surface area contributed by atoms with Crippen LogP contribution < -0.4 is 4.74 Å². The van der Waals surface area contributed by atoms with Crippen LogP contribution in [0.1, 0.15) is 12.0 Å². The molecular weight excluding hydrogens is 346 g/mol. The van der Waals surface area contributed by atoms with Crippen LogP contribution >= 0.6 is 12.6 Å². The molecule has 7 heteroatoms. The zero-order chi connectivity index (χ0) is 17.3. The molecule has 1 aliphatic rings. The first kappa shape index (κ1) is 16.9. The van der Waals surface area contributed by atoms with Crippen LogP contribution in [0, 0.1) is 6.92 Å². The van der Waals surface area contributed by atoms with Gasteiger partial charge in [-0.05, 0) is 43.3 Å². The van der Waals surface area contributed by atoms with Gasteiger partial charge in [-0.15, -0.1) is 12.6 Å². The second-order valence-electron chi connectivity index (χ2n) is 5.67. The van der Waals surface area contributed by atoms with Gasteiger partial charge in [0, 0.05) is 4.90 Å². The number of carbonyl (C=O) groups excluding carboxylic acids is 1. The van der Waals surface area contributed by atoms with Gasteiger partial charge in [-0.1, -0.05) is 17.7 Å². The first-order chi connectivity index (χ1) is 11.4. The Hall–Kier alpha value is -1.99. The molecule has 0 radical (unpaired) electrons. The first-order valence-corrected chi connectivity index (χ1v) is 9.32. The van der Waals surface area contributed by atoms with E-state index in [2.05, 4.69) is 12.6 Å². The highest BCUT2D eigenvalue weighted by molar-refractivity contribution is 7.89. The molecule has 3 rings (SSSR count). The third-order valence-electron chi connectivity index (χ3n) is 3.84. The number of thiol groups is 1. The standard InChI is InChI=1S/C17H17NO4S2/c1-12-2-8-16(9-3-12)24(20,21)18-13(10-17(18)19)11-22-14-4-6-15(23)7-5-14/h2-9,13,23H,10-11H2,1H3/t13-/m0/s1. The average Bonchev–Trinajstić information content (AvgIpc) is 2.52. The summed E-state index contributed by atoms with van der Waals surface area (Å²) >= 11 is 4.19. The maximum Gasteiger partial charge on any atom is 0.266 e. The fourth-order valence-electron chi connectivity index (χ4n) is 2.48. The van der Waals surface area contributed by atoms with Gasteiger partial charge in [0.1, 0.15) is 12.4 Å². The molecule has 1 aliphatic heterocycles. The molecule has 0 bridgehead atoms. The molecule has 0 aromatic heterocycles. The minimum absolute atomic E-state index is 0.116. The molecule has 0 N–H and O–H groups in total. The Labute approximate surface area is 146 Å². The molecule has 0 spiro atoms. The number of carbonyl (C=O) groups is 1. The van der Waals surface area contributed by atoms with Crippen molar-refractivity contribution in [1.82, 2.24) is 4.31 Å². The Bertz CT molecular complexity index is 845. The summed E-state index contributed by atoms with van der Waals surface area (Å²) in [5.74, 6) is 0.203. The summed E-state index contributed by atoms with van der Waals surface area (Å²) in [5.41, 5.74) is 0.955. The van der Waals surface area contributed by atoms with Crippen molar-refractivity contribution in [3.63, 3.8) is 0 Å². The lowest BCUT2D eigenvalue weighted by Gasteiger charge is -2.38. The number of nitrogens with zero attached hydrogens (tertiary/aromatic N) is 1. The van der Waals surface area contributed by atoms with Crippen LogP contribution in [0.4, 0.5) is 0 Å². The van der Waals surface area contributed by atoms with E-state index in [0.717, 1.165) is 14.8 Å². The van der Waals surface area contributed by atoms with Crippen LogP contribution in [-0.2, 0) is 14.8 Å². The van der Waals surface area contributed by atoms with Gasteiger partial charge >= 0.3 is 0 Å². The van der Waals surface area contributed by atoms with Crippen LogP contribution in [-0.4, -0.2) is 31.3 Å². The SMILES string of the molecule is Cc1ccc(S(=O)(=O)N2C(=O)C[C@H]2COc2ccc(S)cc2)cc1. The molecule has 5 nitrogen and oxygen atoms in total. The zero-order valence-electron chi connectivity index (χ0n) is 13.0. The van der Waals surface area contributed by atoms with Crippen molar-refractivity contribution in [2.45, 2.75) is 29.2 Å². The Morgan fingerprint density at radius 1 is 1.12 bits per heavy atom. The number of hydrogen-bond acceptors (Lipinski definition) is 5. The molecule has 126 valence electrons. The van der Waals surface area contributed by atoms with E-state index in [1.807, 2.05) is 6.92 Å². The zero-order valence-corrected chi connectivity index (χ0v) is 14.8. The third kappa shape index (κ3) is 3.27. The summed E-state index contributed by atoms with van der Waals surface area (Å²) in [6, 6.07) is 13.0. The Kier molecular flexibility index (Phi) is 4.56. The Balaban J connectivity index is 1.73. The second kappa shape index (κ2) is 6.49. The lowest BCUT2D eigenvalue weighted by atomic mass is 10.1. The number of hydrogen-bond donors (Lipinski definition) is 1. The van der Waals surface area contributed by atoms with Crippen LogP contribution in [0.25, 0.3) is 0 Å². The Morgan fingerprint density at radius 2 is 1.75 bits per heavy atom. The molecule has 2 aromatic rings. The van der Waals surface area contributed by atoms with E-state index in [1.54, 1.807) is 36.4 Å². The van der Waals surface area contributed by atoms with Crippen LogP contribution in [0.3, 0.4) is 0 Å². The fraction of sp³-hybridized carbons (Fsp3) is 0.235. The molecule has 1 saturated heterocycles. The van der Waals surface area contributed by atoms with Crippen molar-refractivity contribution in [2.24, 2.45) is 0 Å². The van der Waals surface area contributed by atoms with Crippen molar-refractivity contribution in [3.8, 4) is 5.75 Å². The molecule has 0 unspecified atom stereocenters. The number of sulfonamides is 1. The van der Waals surface area contributed by atoms with Crippen LogP contribution in [0.2, 0.25) is 0 Å². The highest BCUT2D eigenvalue weighted by atomic mass is 32.2. The number of rotatable bonds is 5. The van der Waals surface area contributed by atoms with Gasteiger partial charge in [-0.3, -0.25) is 4.79 Å². The van der Waals surface area contributed by atoms with Crippen molar-refractivity contribution in [3.05, 3.63) is 54.1 Å². The molecule has 2 aromatic carbocycles. The van der Waals surface area contributed by atoms with Crippen molar-refractivity contribution < 1.29 is 17.9 Å². The lowest BCUT2D eigenvalue weighted by Crippen LogP contribution is -2.57. The van der Waals surface area contributed by atoms with E-state index in [1.165, 1.54) is 12.1 Å². The summed E-state index contributed by atoms with van der Waals surface area (Å²) in [6.45, 7) is 2.00. The molecule has 1 atom stereocenters. The van der Waals surface area contributed by atoms with Gasteiger partial charge in [0.05, 0.1) is 17.4 Å². The number of amides is 1. The van der Waals surface area contributed by atoms with Crippen molar-refractivity contribution in [1.29, 1.82) is 0 Å². The minimum atomic E-state index is -3.84. The van der Waals surface area contributed by atoms with Gasteiger partial charge in [-0.25, -0.2) is 12.7 Å². The van der Waals surface area contributed by atoms with E-state index in [9.17, 15) is 13.2 Å². The summed E-state index contributed by atoms with van der Waals surface area (Å²) in [6.07, 6.45) is 0.162. The summed E-state index contributed by atoms with van der Waals surface area (Å²) < 4.78 is 31.8. The minimum Gasteiger partial charge on any atom is -0.491 e. The maximum atomic E-state index is 12.6. The fourth-order valence-corrected chi connectivity index (χ4v) is 4.21. The maximum absolute atomic E-state index is 12.6. The van der Waals surface area contributed by atoms with E-state index >= 15 is 0 Å². The number of β-lactam (4-membered cyclic amide) rings is 1. The van der Waals surface area contributed by atoms with E-state index in [0.29, 0.717) is 5.75 Å². The number of ether oxygens (including phenoxy) is 1. The molecule has 1 amide bonds. The predicted molar refractivity (Wildman–Crippen MR) is 92.8 cm³/mol. The molecular formula is C17H17NO4S2. The quantitative estimate of drug-likeness (QED) is 0.655. The van der Waals surface area contributed by atoms with Crippen molar-refractivity contribution in [2.75, 3.05) is 6.61 Å². The van der Waals surface area contributed by atoms with Crippen LogP contribution in [0.5, 0.6) is 5.75 Å². The molecule has 0 aliphatic carbocycles. The van der Waals surface area contributed by atoms with Gasteiger partial charge < -0.3 is 4.74 Å². The topological polar surface area (TPSA) is 63.7 Å². The summed E-state index contributed by atoms with van der Waals surface area (Å²) in [5, 5.41) is 0. The number of benzene rings is 2. The smallest absolute Gasteiger partial charge is 0.266 e. The molecule has 24 heavy (non-hydrogen) atoms. The molecule has 1 fully saturated rings. The average molecular weight is 363 g/mol. The van der Waals surface area contributed by atoms with Gasteiger partial charge in [0.2, 0.25) is 5.91 Å². The lowest BCUT2D eigenvalue weighted by molar-refractivity contribution is -0.138. The van der Waals surface area contributed by atoms with Gasteiger partial charge in [-0.2, -0.15) is 0 Å². The highest BCUT2D eigenvalue weighted by Crippen LogP contribution is 2.29. The van der Waals surface area contributed by atoms with Crippen LogP contribution in [0.15, 0.2) is 58.3 Å². The molecule has 1 heterocycles. The second-order valence-corrected chi connectivity index (χ2v) is 8.00. The summed E-state index contributed by atoms with van der Waals surface area (Å²) in [7, 11) is -3.84. The first-order valence-electron chi connectivity index (χ1n) is 7.44. The third-order valence-corrected chi connectivity index (χ3v) is 6.03. The Morgan fingerprint density at radius 3 is 2.33 bits per heavy atom. The van der Waals surface area contributed by atoms with Gasteiger partial charge in [0.15, 0.2) is 0 Å². The molecule has 0 saturated carbocycles. The van der Waals surface area contributed by atoms with Crippen molar-refractivity contribution >= 4 is 28.6 Å². The van der Waals surface area contributed by atoms with Gasteiger partial charge in [0.25, 0.3) is 10.0 Å². The monoisotopic (exact) mass is 363 g/mol. The van der Waals surface area contributed by atoms with E-state index < -0.39 is 22.0 Å². The van der Waals surface area contributed by atoms with E-state index in [-0.39, 0.29) is 17.9 Å². The summed E-state index contributed by atoms with van der Waals surface area (Å²) in [4.78, 5) is 12.8. The predicted octanol–water partition coefficient (Wildman–Crippen LogP) is 2.65.